The number of rotatable bonds is 6. The first-order valence-corrected chi connectivity index (χ1v) is 9.86. The van der Waals surface area contributed by atoms with Crippen LogP contribution in [0.1, 0.15) is 33.6 Å². The highest BCUT2D eigenvalue weighted by Gasteiger charge is 2.38. The summed E-state index contributed by atoms with van der Waals surface area (Å²) in [7, 11) is 1.83. The number of carbonyl (C=O) groups is 2. The van der Waals surface area contributed by atoms with E-state index in [2.05, 4.69) is 15.3 Å². The van der Waals surface area contributed by atoms with Crippen molar-refractivity contribution in [1.82, 2.24) is 20.0 Å². The van der Waals surface area contributed by atoms with Crippen LogP contribution in [0.4, 0.5) is 13.2 Å². The number of hydrogen-bond donors (Lipinski definition) is 4. The van der Waals surface area contributed by atoms with Gasteiger partial charge in [-0.25, -0.2) is 4.79 Å². The Balaban J connectivity index is 0.000000451. The van der Waals surface area contributed by atoms with Crippen LogP contribution in [0.5, 0.6) is 0 Å². The van der Waals surface area contributed by atoms with Crippen LogP contribution < -0.4 is 16.8 Å². The van der Waals surface area contributed by atoms with E-state index in [1.54, 1.807) is 4.68 Å². The van der Waals surface area contributed by atoms with Crippen molar-refractivity contribution >= 4 is 11.9 Å². The number of carboxylic acids is 1. The summed E-state index contributed by atoms with van der Waals surface area (Å²) in [4.78, 5) is 23.8. The maximum absolute atomic E-state index is 12.6. The molecule has 1 aliphatic rings. The molecule has 3 rings (SSSR count). The quantitative estimate of drug-likeness (QED) is 0.508. The summed E-state index contributed by atoms with van der Waals surface area (Å²) >= 11 is 0. The van der Waals surface area contributed by atoms with Gasteiger partial charge in [0.15, 0.2) is 5.69 Å². The van der Waals surface area contributed by atoms with Gasteiger partial charge in [-0.2, -0.15) is 18.3 Å². The van der Waals surface area contributed by atoms with E-state index in [4.69, 9.17) is 21.4 Å². The Hall–Kier alpha value is -2.96. The van der Waals surface area contributed by atoms with Crippen molar-refractivity contribution in [2.45, 2.75) is 38.3 Å². The largest absolute Gasteiger partial charge is 0.490 e. The zero-order valence-electron chi connectivity index (χ0n) is 17.6. The van der Waals surface area contributed by atoms with Crippen molar-refractivity contribution in [2.75, 3.05) is 13.1 Å². The molecule has 12 heteroatoms. The lowest BCUT2D eigenvalue weighted by Crippen LogP contribution is -2.28. The number of benzene rings is 1. The number of hydrogen-bond acceptors (Lipinski definition) is 6. The molecule has 1 saturated heterocycles. The van der Waals surface area contributed by atoms with Crippen LogP contribution in [0.2, 0.25) is 0 Å². The Morgan fingerprint density at radius 2 is 1.97 bits per heavy atom. The third-order valence-corrected chi connectivity index (χ3v) is 4.75. The van der Waals surface area contributed by atoms with Crippen molar-refractivity contribution in [3.63, 3.8) is 0 Å². The molecule has 2 aromatic rings. The number of alkyl halides is 3. The first-order chi connectivity index (χ1) is 15.0. The Bertz CT molecular complexity index is 932. The van der Waals surface area contributed by atoms with Gasteiger partial charge in [0.2, 0.25) is 0 Å². The number of carbonyl (C=O) groups excluding carboxylic acids is 1. The number of aryl methyl sites for hydroxylation is 1. The van der Waals surface area contributed by atoms with Crippen LogP contribution in [0.25, 0.3) is 0 Å². The summed E-state index contributed by atoms with van der Waals surface area (Å²) in [6.07, 6.45) is -2.17. The molecule has 0 radical (unpaired) electrons. The maximum Gasteiger partial charge on any atom is 0.490 e. The molecule has 1 amide bonds. The number of carboxylic acid groups (broad SMARTS) is 1. The summed E-state index contributed by atoms with van der Waals surface area (Å²) in [5.41, 5.74) is 15.1. The molecule has 1 fully saturated rings. The van der Waals surface area contributed by atoms with E-state index in [0.29, 0.717) is 25.3 Å². The van der Waals surface area contributed by atoms with Crippen molar-refractivity contribution in [3.8, 4) is 0 Å². The van der Waals surface area contributed by atoms with Gasteiger partial charge in [0.05, 0.1) is 0 Å². The summed E-state index contributed by atoms with van der Waals surface area (Å²) in [6.45, 7) is 3.47. The van der Waals surface area contributed by atoms with E-state index in [1.165, 1.54) is 0 Å². The molecule has 176 valence electrons. The predicted octanol–water partition coefficient (Wildman–Crippen LogP) is 0.975. The number of nitrogens with two attached hydrogens (primary N) is 2. The monoisotopic (exact) mass is 456 g/mol. The molecule has 0 aliphatic carbocycles. The Kier molecular flexibility index (Phi) is 8.75. The van der Waals surface area contributed by atoms with Crippen LogP contribution in [0.3, 0.4) is 0 Å². The normalized spacial score (nSPS) is 16.4. The third kappa shape index (κ3) is 7.62. The molecule has 1 atom stereocenters. The Labute approximate surface area is 183 Å². The predicted molar refractivity (Wildman–Crippen MR) is 110 cm³/mol. The first-order valence-electron chi connectivity index (χ1n) is 9.86. The van der Waals surface area contributed by atoms with Crippen molar-refractivity contribution < 1.29 is 27.9 Å². The summed E-state index contributed by atoms with van der Waals surface area (Å²) in [5.74, 6) is -2.91. The van der Waals surface area contributed by atoms with Gasteiger partial charge in [-0.05, 0) is 17.5 Å². The number of amides is 1. The summed E-state index contributed by atoms with van der Waals surface area (Å²) < 4.78 is 33.4. The van der Waals surface area contributed by atoms with Gasteiger partial charge in [-0.3, -0.25) is 14.4 Å². The van der Waals surface area contributed by atoms with Gasteiger partial charge < -0.3 is 21.9 Å². The molecule has 2 heterocycles. The van der Waals surface area contributed by atoms with E-state index in [0.717, 1.165) is 36.2 Å². The van der Waals surface area contributed by atoms with Gasteiger partial charge in [0.1, 0.15) is 0 Å². The molecule has 1 aromatic heterocycles. The van der Waals surface area contributed by atoms with Gasteiger partial charge in [-0.1, -0.05) is 24.3 Å². The fourth-order valence-corrected chi connectivity index (χ4v) is 3.22. The standard InChI is InChI=1S/C18H26N6O.C2HF3O2/c1-23-10-15(11-24-6-5-16(20)12-24)17(22-23)18(25)21-9-14-4-2-3-13(7-14)8-19;3-2(4,5)1(6)7/h2-4,7,10,16H,5-6,8-9,11-12,19-20H2,1H3,(H,21,25);(H,6,7). The minimum atomic E-state index is -5.08. The second kappa shape index (κ2) is 11.1. The number of likely N-dealkylation sites (tertiary alicyclic amines) is 1. The van der Waals surface area contributed by atoms with Crippen LogP contribution >= 0.6 is 0 Å². The molecule has 0 saturated carbocycles. The topological polar surface area (TPSA) is 140 Å². The minimum Gasteiger partial charge on any atom is -0.475 e. The highest BCUT2D eigenvalue weighted by molar-refractivity contribution is 5.93. The molecule has 1 aromatic carbocycles. The summed E-state index contributed by atoms with van der Waals surface area (Å²) in [6, 6.07) is 8.13. The average Bonchev–Trinajstić information content (AvgIpc) is 3.31. The lowest BCUT2D eigenvalue weighted by molar-refractivity contribution is -0.192. The molecule has 0 spiro atoms. The van der Waals surface area contributed by atoms with Crippen LogP contribution in [0, 0.1) is 0 Å². The first kappa shape index (κ1) is 25.3. The molecule has 1 unspecified atom stereocenters. The number of nitrogens with zero attached hydrogens (tertiary/aromatic N) is 3. The fourth-order valence-electron chi connectivity index (χ4n) is 3.22. The number of nitrogens with one attached hydrogen (secondary N) is 1. The average molecular weight is 456 g/mol. The summed E-state index contributed by atoms with van der Waals surface area (Å²) in [5, 5.41) is 14.4. The minimum absolute atomic E-state index is 0.155. The van der Waals surface area contributed by atoms with Gasteiger partial charge in [-0.15, -0.1) is 0 Å². The molecule has 32 heavy (non-hydrogen) atoms. The van der Waals surface area contributed by atoms with Gasteiger partial charge >= 0.3 is 12.1 Å². The Morgan fingerprint density at radius 3 is 2.53 bits per heavy atom. The second-order valence-corrected chi connectivity index (χ2v) is 7.47. The molecule has 1 aliphatic heterocycles. The highest BCUT2D eigenvalue weighted by Crippen LogP contribution is 2.15. The SMILES string of the molecule is Cn1cc(CN2CCC(N)C2)c(C(=O)NCc2cccc(CN)c2)n1.O=C(O)C(F)(F)F. The number of aromatic nitrogens is 2. The molecular weight excluding hydrogens is 429 g/mol. The molecular formula is C20H27F3N6O3. The van der Waals surface area contributed by atoms with Crippen molar-refractivity contribution in [3.05, 3.63) is 52.8 Å². The second-order valence-electron chi connectivity index (χ2n) is 7.47. The molecule has 9 nitrogen and oxygen atoms in total. The lowest BCUT2D eigenvalue weighted by Gasteiger charge is -2.14. The van der Waals surface area contributed by atoms with Crippen molar-refractivity contribution in [1.29, 1.82) is 0 Å². The van der Waals surface area contributed by atoms with E-state index in [-0.39, 0.29) is 11.9 Å². The van der Waals surface area contributed by atoms with Gasteiger partial charge in [0, 0.05) is 57.6 Å². The maximum atomic E-state index is 12.6. The lowest BCUT2D eigenvalue weighted by atomic mass is 10.1. The van der Waals surface area contributed by atoms with E-state index < -0.39 is 12.1 Å². The number of aliphatic carboxylic acids is 1. The fraction of sp³-hybridized carbons (Fsp3) is 0.450. The Morgan fingerprint density at radius 1 is 1.31 bits per heavy atom. The third-order valence-electron chi connectivity index (χ3n) is 4.75. The van der Waals surface area contributed by atoms with E-state index >= 15 is 0 Å². The van der Waals surface area contributed by atoms with E-state index in [1.807, 2.05) is 37.5 Å². The highest BCUT2D eigenvalue weighted by atomic mass is 19.4. The van der Waals surface area contributed by atoms with E-state index in [9.17, 15) is 18.0 Å². The molecule has 6 N–H and O–H groups in total. The van der Waals surface area contributed by atoms with Crippen LogP contribution in [-0.2, 0) is 31.5 Å². The zero-order chi connectivity index (χ0) is 23.9. The number of halogens is 3. The zero-order valence-corrected chi connectivity index (χ0v) is 17.6. The van der Waals surface area contributed by atoms with Gasteiger partial charge in [0.25, 0.3) is 5.91 Å². The van der Waals surface area contributed by atoms with Crippen molar-refractivity contribution in [2.24, 2.45) is 18.5 Å². The smallest absolute Gasteiger partial charge is 0.475 e. The van der Waals surface area contributed by atoms with Crippen LogP contribution in [0.15, 0.2) is 30.5 Å². The molecule has 0 bridgehead atoms. The van der Waals surface area contributed by atoms with Crippen LogP contribution in [-0.4, -0.2) is 57.0 Å².